The van der Waals surface area contributed by atoms with Gasteiger partial charge in [-0.25, -0.2) is 15.4 Å². The van der Waals surface area contributed by atoms with Crippen molar-refractivity contribution >= 4 is 17.9 Å². The first-order valence-electron chi connectivity index (χ1n) is 9.36. The first-order valence-corrected chi connectivity index (χ1v) is 9.36. The summed E-state index contributed by atoms with van der Waals surface area (Å²) in [5.41, 5.74) is 6.08. The van der Waals surface area contributed by atoms with Gasteiger partial charge in [-0.2, -0.15) is 5.10 Å². The Bertz CT molecular complexity index is 1190. The second-order valence-corrected chi connectivity index (χ2v) is 6.56. The lowest BCUT2D eigenvalue weighted by atomic mass is 10.1. The van der Waals surface area contributed by atoms with Crippen LogP contribution in [-0.2, 0) is 0 Å². The summed E-state index contributed by atoms with van der Waals surface area (Å²) in [5, 5.41) is 24.9. The van der Waals surface area contributed by atoms with Gasteiger partial charge >= 0.3 is 0 Å². The minimum atomic E-state index is -0.539. The number of aromatic hydroxyl groups is 1. The van der Waals surface area contributed by atoms with E-state index in [1.54, 1.807) is 0 Å². The molecule has 0 saturated heterocycles. The van der Waals surface area contributed by atoms with Crippen LogP contribution in [0, 0.1) is 10.1 Å². The summed E-state index contributed by atoms with van der Waals surface area (Å²) in [6, 6.07) is 25.0. The van der Waals surface area contributed by atoms with Crippen LogP contribution >= 0.6 is 0 Å². The lowest BCUT2D eigenvalue weighted by molar-refractivity contribution is -0.384. The van der Waals surface area contributed by atoms with Crippen LogP contribution in [0.1, 0.15) is 5.56 Å². The van der Waals surface area contributed by atoms with Crippen molar-refractivity contribution in [2.24, 2.45) is 5.10 Å². The largest absolute Gasteiger partial charge is 0.507 e. The van der Waals surface area contributed by atoms with Gasteiger partial charge in [0.1, 0.15) is 5.75 Å². The lowest BCUT2D eigenvalue weighted by Gasteiger charge is -2.08. The molecule has 4 aromatic rings. The normalized spacial score (nSPS) is 10.8. The van der Waals surface area contributed by atoms with Crippen LogP contribution in [0.15, 0.2) is 90.0 Å². The van der Waals surface area contributed by atoms with Gasteiger partial charge < -0.3 is 5.11 Å². The van der Waals surface area contributed by atoms with Gasteiger partial charge in [-0.05, 0) is 12.1 Å². The van der Waals surface area contributed by atoms with Crippen LogP contribution in [0.4, 0.5) is 11.6 Å². The standard InChI is InChI=1S/C23H17N5O3/c29-22-12-11-19(28(30)31)13-18(22)15-24-27-23-25-20(16-7-3-1-4-8-16)14-21(26-23)17-9-5-2-6-10-17/h1-15,29H,(H,25,26,27). The van der Waals surface area contributed by atoms with Gasteiger partial charge in [-0.3, -0.25) is 10.1 Å². The Morgan fingerprint density at radius 1 is 0.871 bits per heavy atom. The second kappa shape index (κ2) is 8.83. The molecule has 1 aromatic heterocycles. The van der Waals surface area contributed by atoms with Crippen molar-refractivity contribution in [1.82, 2.24) is 9.97 Å². The Balaban J connectivity index is 1.67. The van der Waals surface area contributed by atoms with Gasteiger partial charge in [0.05, 0.1) is 22.5 Å². The number of nitrogens with one attached hydrogen (secondary N) is 1. The zero-order valence-electron chi connectivity index (χ0n) is 16.2. The van der Waals surface area contributed by atoms with Crippen LogP contribution in [-0.4, -0.2) is 26.2 Å². The maximum absolute atomic E-state index is 10.9. The van der Waals surface area contributed by atoms with Crippen molar-refractivity contribution < 1.29 is 10.0 Å². The van der Waals surface area contributed by atoms with Gasteiger partial charge in [0, 0.05) is 28.8 Å². The van der Waals surface area contributed by atoms with E-state index in [2.05, 4.69) is 20.5 Å². The van der Waals surface area contributed by atoms with E-state index in [9.17, 15) is 15.2 Å². The summed E-state index contributed by atoms with van der Waals surface area (Å²) in [7, 11) is 0. The molecule has 0 aliphatic rings. The summed E-state index contributed by atoms with van der Waals surface area (Å²) in [6.45, 7) is 0. The maximum Gasteiger partial charge on any atom is 0.270 e. The summed E-state index contributed by atoms with van der Waals surface area (Å²) in [4.78, 5) is 19.5. The molecule has 0 radical (unpaired) electrons. The summed E-state index contributed by atoms with van der Waals surface area (Å²) in [6.07, 6.45) is 1.28. The first-order chi connectivity index (χ1) is 15.1. The molecule has 0 unspecified atom stereocenters. The third kappa shape index (κ3) is 4.70. The van der Waals surface area contributed by atoms with Gasteiger partial charge in [-0.15, -0.1) is 0 Å². The third-order valence-corrected chi connectivity index (χ3v) is 4.46. The Hall–Kier alpha value is -4.59. The minimum Gasteiger partial charge on any atom is -0.507 e. The number of phenolic OH excluding ortho intramolecular Hbond substituents is 1. The summed E-state index contributed by atoms with van der Waals surface area (Å²) in [5.74, 6) is 0.126. The number of hydrogen-bond donors (Lipinski definition) is 2. The Kier molecular flexibility index (Phi) is 5.62. The summed E-state index contributed by atoms with van der Waals surface area (Å²) < 4.78 is 0. The minimum absolute atomic E-state index is 0.125. The molecule has 0 bridgehead atoms. The van der Waals surface area contributed by atoms with Crippen LogP contribution in [0.25, 0.3) is 22.5 Å². The Morgan fingerprint density at radius 2 is 1.45 bits per heavy atom. The molecule has 4 rings (SSSR count). The van der Waals surface area contributed by atoms with Crippen molar-refractivity contribution in [3.63, 3.8) is 0 Å². The van der Waals surface area contributed by atoms with Gasteiger partial charge in [-0.1, -0.05) is 60.7 Å². The highest BCUT2D eigenvalue weighted by atomic mass is 16.6. The van der Waals surface area contributed by atoms with Crippen LogP contribution in [0.2, 0.25) is 0 Å². The van der Waals surface area contributed by atoms with E-state index in [4.69, 9.17) is 0 Å². The number of nitro benzene ring substituents is 1. The van der Waals surface area contributed by atoms with Crippen LogP contribution in [0.3, 0.4) is 0 Å². The number of nitro groups is 1. The third-order valence-electron chi connectivity index (χ3n) is 4.46. The summed E-state index contributed by atoms with van der Waals surface area (Å²) >= 11 is 0. The molecule has 0 atom stereocenters. The van der Waals surface area contributed by atoms with Crippen molar-refractivity contribution in [1.29, 1.82) is 0 Å². The number of phenols is 1. The fourth-order valence-electron chi connectivity index (χ4n) is 2.93. The molecular formula is C23H17N5O3. The number of benzene rings is 3. The molecule has 8 nitrogen and oxygen atoms in total. The molecule has 2 N–H and O–H groups in total. The first kappa shape index (κ1) is 19.7. The zero-order chi connectivity index (χ0) is 21.6. The molecule has 0 aliphatic heterocycles. The van der Waals surface area contributed by atoms with E-state index in [1.807, 2.05) is 66.7 Å². The fourth-order valence-corrected chi connectivity index (χ4v) is 2.93. The molecule has 31 heavy (non-hydrogen) atoms. The molecular weight excluding hydrogens is 394 g/mol. The molecule has 0 aliphatic carbocycles. The predicted molar refractivity (Wildman–Crippen MR) is 119 cm³/mol. The SMILES string of the molecule is O=[N+]([O-])c1ccc(O)c(C=NNc2nc(-c3ccccc3)cc(-c3ccccc3)n2)c1. The fraction of sp³-hybridized carbons (Fsp3) is 0. The number of aromatic nitrogens is 2. The molecule has 0 amide bonds. The van der Waals surface area contributed by atoms with Crippen LogP contribution < -0.4 is 5.43 Å². The predicted octanol–water partition coefficient (Wildman–Crippen LogP) is 4.87. The van der Waals surface area contributed by atoms with Crippen molar-refractivity contribution in [2.75, 3.05) is 5.43 Å². The highest BCUT2D eigenvalue weighted by Crippen LogP contribution is 2.25. The van der Waals surface area contributed by atoms with Crippen molar-refractivity contribution in [2.45, 2.75) is 0 Å². The molecule has 0 fully saturated rings. The average molecular weight is 411 g/mol. The van der Waals surface area contributed by atoms with Crippen LogP contribution in [0.5, 0.6) is 5.75 Å². The number of rotatable bonds is 6. The van der Waals surface area contributed by atoms with Gasteiger partial charge in [0.2, 0.25) is 5.95 Å². The quantitative estimate of drug-likeness (QED) is 0.266. The van der Waals surface area contributed by atoms with Crippen molar-refractivity contribution in [3.05, 3.63) is 101 Å². The Labute approximate surface area is 177 Å². The van der Waals surface area contributed by atoms with E-state index in [-0.39, 0.29) is 22.9 Å². The molecule has 1 heterocycles. The van der Waals surface area contributed by atoms with E-state index in [0.29, 0.717) is 11.4 Å². The highest BCUT2D eigenvalue weighted by Gasteiger charge is 2.10. The van der Waals surface area contributed by atoms with Crippen molar-refractivity contribution in [3.8, 4) is 28.3 Å². The number of nitrogens with zero attached hydrogens (tertiary/aromatic N) is 4. The Morgan fingerprint density at radius 3 is 2.00 bits per heavy atom. The zero-order valence-corrected chi connectivity index (χ0v) is 16.2. The lowest BCUT2D eigenvalue weighted by Crippen LogP contribution is -2.00. The topological polar surface area (TPSA) is 114 Å². The molecule has 0 saturated carbocycles. The van der Waals surface area contributed by atoms with E-state index >= 15 is 0 Å². The average Bonchev–Trinajstić information content (AvgIpc) is 2.81. The monoisotopic (exact) mass is 411 g/mol. The molecule has 3 aromatic carbocycles. The number of hydrogen-bond acceptors (Lipinski definition) is 7. The molecule has 8 heteroatoms. The van der Waals surface area contributed by atoms with Gasteiger partial charge in [0.25, 0.3) is 5.69 Å². The highest BCUT2D eigenvalue weighted by molar-refractivity contribution is 5.85. The van der Waals surface area contributed by atoms with E-state index in [0.717, 1.165) is 11.1 Å². The second-order valence-electron chi connectivity index (χ2n) is 6.56. The molecule has 0 spiro atoms. The number of non-ortho nitro benzene ring substituents is 1. The molecule has 152 valence electrons. The number of hydrazone groups is 1. The van der Waals surface area contributed by atoms with Gasteiger partial charge in [0.15, 0.2) is 0 Å². The number of anilines is 1. The maximum atomic E-state index is 10.9. The smallest absolute Gasteiger partial charge is 0.270 e. The van der Waals surface area contributed by atoms with E-state index < -0.39 is 4.92 Å². The van der Waals surface area contributed by atoms with E-state index in [1.165, 1.54) is 24.4 Å².